The Hall–Kier alpha value is -4.14. The number of hydrogen-bond donors (Lipinski definition) is 1. The Kier molecular flexibility index (Phi) is 5.63. The minimum absolute atomic E-state index is 0.0277. The number of methoxy groups -OCH3 is 1. The number of carbonyl (C=O) groups excluding carboxylic acids is 2. The van der Waals surface area contributed by atoms with Crippen LogP contribution in [0.3, 0.4) is 0 Å². The lowest BCUT2D eigenvalue weighted by Gasteiger charge is -2.16. The average Bonchev–Trinajstić information content (AvgIpc) is 3.03. The lowest BCUT2D eigenvalue weighted by atomic mass is 10.0. The van der Waals surface area contributed by atoms with Crippen LogP contribution in [0.25, 0.3) is 5.57 Å². The zero-order valence-electron chi connectivity index (χ0n) is 17.1. The maximum absolute atomic E-state index is 13.5. The van der Waals surface area contributed by atoms with Crippen molar-refractivity contribution in [3.8, 4) is 5.75 Å². The van der Waals surface area contributed by atoms with Crippen molar-refractivity contribution < 1.29 is 31.9 Å². The second-order valence-electron chi connectivity index (χ2n) is 7.10. The van der Waals surface area contributed by atoms with Crippen LogP contribution in [0.5, 0.6) is 5.75 Å². The van der Waals surface area contributed by atoms with Gasteiger partial charge in [-0.05, 0) is 54.1 Å². The van der Waals surface area contributed by atoms with Crippen molar-refractivity contribution >= 4 is 28.8 Å². The average molecular weight is 456 g/mol. The van der Waals surface area contributed by atoms with Gasteiger partial charge in [-0.3, -0.25) is 9.59 Å². The molecule has 0 fully saturated rings. The first-order valence-corrected chi connectivity index (χ1v) is 9.66. The van der Waals surface area contributed by atoms with E-state index in [1.807, 2.05) is 0 Å². The summed E-state index contributed by atoms with van der Waals surface area (Å²) in [5, 5.41) is 2.91. The minimum Gasteiger partial charge on any atom is -0.497 e. The van der Waals surface area contributed by atoms with Gasteiger partial charge in [-0.25, -0.2) is 9.29 Å². The fourth-order valence-corrected chi connectivity index (χ4v) is 3.41. The molecule has 0 aromatic heterocycles. The highest BCUT2D eigenvalue weighted by Crippen LogP contribution is 2.36. The molecule has 0 saturated carbocycles. The van der Waals surface area contributed by atoms with Crippen molar-refractivity contribution in [2.75, 3.05) is 17.3 Å². The van der Waals surface area contributed by atoms with Crippen LogP contribution < -0.4 is 15.0 Å². The van der Waals surface area contributed by atoms with Gasteiger partial charge in [0.25, 0.3) is 11.8 Å². The number of carbonyl (C=O) groups is 2. The highest BCUT2D eigenvalue weighted by molar-refractivity contribution is 6.46. The largest absolute Gasteiger partial charge is 0.497 e. The molecular formula is C24H16F4N2O3. The third-order valence-electron chi connectivity index (χ3n) is 5.01. The van der Waals surface area contributed by atoms with E-state index in [0.29, 0.717) is 11.4 Å². The number of halogens is 4. The molecular weight excluding hydrogens is 440 g/mol. The van der Waals surface area contributed by atoms with E-state index in [1.54, 1.807) is 24.3 Å². The van der Waals surface area contributed by atoms with E-state index in [0.717, 1.165) is 41.3 Å². The van der Waals surface area contributed by atoms with Crippen LogP contribution >= 0.6 is 0 Å². The molecule has 168 valence electrons. The number of nitrogens with one attached hydrogen (secondary N) is 1. The van der Waals surface area contributed by atoms with Crippen molar-refractivity contribution in [1.29, 1.82) is 0 Å². The number of ether oxygens (including phenoxy) is 1. The number of anilines is 2. The van der Waals surface area contributed by atoms with Gasteiger partial charge in [0.05, 0.1) is 23.9 Å². The summed E-state index contributed by atoms with van der Waals surface area (Å²) in [4.78, 5) is 27.3. The first-order chi connectivity index (χ1) is 15.7. The molecule has 0 atom stereocenters. The molecule has 4 rings (SSSR count). The standard InChI is InChI=1S/C24H16F4N2O3/c1-33-19-4-2-3-17(13-19)29-21-20(14-5-9-16(25)10-6-14)22(31)30(23(21)32)18-11-7-15(8-12-18)24(26,27)28/h2-13,29H,1H3. The van der Waals surface area contributed by atoms with Gasteiger partial charge in [0, 0.05) is 11.8 Å². The third-order valence-corrected chi connectivity index (χ3v) is 5.01. The van der Waals surface area contributed by atoms with E-state index in [9.17, 15) is 27.2 Å². The number of nitrogens with zero attached hydrogens (tertiary/aromatic N) is 1. The molecule has 0 unspecified atom stereocenters. The highest BCUT2D eigenvalue weighted by atomic mass is 19.4. The van der Waals surface area contributed by atoms with E-state index >= 15 is 0 Å². The van der Waals surface area contributed by atoms with Crippen molar-refractivity contribution in [3.63, 3.8) is 0 Å². The lowest BCUT2D eigenvalue weighted by molar-refractivity contribution is -0.137. The molecule has 0 spiro atoms. The van der Waals surface area contributed by atoms with Gasteiger partial charge in [0.1, 0.15) is 17.3 Å². The predicted molar refractivity (Wildman–Crippen MR) is 114 cm³/mol. The molecule has 1 aliphatic rings. The number of amides is 2. The zero-order chi connectivity index (χ0) is 23.8. The predicted octanol–water partition coefficient (Wildman–Crippen LogP) is 5.25. The Morgan fingerprint density at radius 2 is 1.55 bits per heavy atom. The number of alkyl halides is 3. The van der Waals surface area contributed by atoms with Gasteiger partial charge in [0.15, 0.2) is 0 Å². The molecule has 0 radical (unpaired) electrons. The van der Waals surface area contributed by atoms with Crippen molar-refractivity contribution in [1.82, 2.24) is 0 Å². The number of hydrogen-bond acceptors (Lipinski definition) is 4. The van der Waals surface area contributed by atoms with Gasteiger partial charge in [0.2, 0.25) is 0 Å². The van der Waals surface area contributed by atoms with Gasteiger partial charge >= 0.3 is 6.18 Å². The molecule has 3 aromatic carbocycles. The Bertz CT molecular complexity index is 1250. The summed E-state index contributed by atoms with van der Waals surface area (Å²) >= 11 is 0. The molecule has 2 amide bonds. The summed E-state index contributed by atoms with van der Waals surface area (Å²) in [6.45, 7) is 0. The second kappa shape index (κ2) is 8.42. The van der Waals surface area contributed by atoms with Crippen molar-refractivity contribution in [2.24, 2.45) is 0 Å². The SMILES string of the molecule is COc1cccc(NC2=C(c3ccc(F)cc3)C(=O)N(c3ccc(C(F)(F)F)cc3)C2=O)c1. The van der Waals surface area contributed by atoms with Crippen LogP contribution in [0.1, 0.15) is 11.1 Å². The van der Waals surface area contributed by atoms with Crippen LogP contribution in [-0.4, -0.2) is 18.9 Å². The summed E-state index contributed by atoms with van der Waals surface area (Å²) in [5.41, 5.74) is -0.358. The fourth-order valence-electron chi connectivity index (χ4n) is 3.41. The molecule has 9 heteroatoms. The highest BCUT2D eigenvalue weighted by Gasteiger charge is 2.40. The number of imide groups is 1. The Labute approximate surface area is 185 Å². The van der Waals surface area contributed by atoms with E-state index in [-0.39, 0.29) is 22.5 Å². The molecule has 1 heterocycles. The Balaban J connectivity index is 1.77. The molecule has 0 saturated heterocycles. The van der Waals surface area contributed by atoms with E-state index in [2.05, 4.69) is 5.32 Å². The first kappa shape index (κ1) is 22.1. The second-order valence-corrected chi connectivity index (χ2v) is 7.10. The summed E-state index contributed by atoms with van der Waals surface area (Å²) in [7, 11) is 1.47. The fraction of sp³-hybridized carbons (Fsp3) is 0.0833. The molecule has 0 aliphatic carbocycles. The summed E-state index contributed by atoms with van der Waals surface area (Å²) in [5.74, 6) is -1.54. The minimum atomic E-state index is -4.56. The van der Waals surface area contributed by atoms with Crippen LogP contribution in [0.15, 0.2) is 78.5 Å². The normalized spacial score (nSPS) is 14.2. The smallest absolute Gasteiger partial charge is 0.416 e. The molecule has 33 heavy (non-hydrogen) atoms. The van der Waals surface area contributed by atoms with Crippen LogP contribution in [-0.2, 0) is 15.8 Å². The number of rotatable bonds is 5. The van der Waals surface area contributed by atoms with E-state index < -0.39 is 29.4 Å². The van der Waals surface area contributed by atoms with Gasteiger partial charge < -0.3 is 10.1 Å². The van der Waals surface area contributed by atoms with Crippen molar-refractivity contribution in [2.45, 2.75) is 6.18 Å². The lowest BCUT2D eigenvalue weighted by Crippen LogP contribution is -2.32. The van der Waals surface area contributed by atoms with Gasteiger partial charge in [-0.1, -0.05) is 18.2 Å². The number of benzene rings is 3. The van der Waals surface area contributed by atoms with Crippen molar-refractivity contribution in [3.05, 3.63) is 95.4 Å². The quantitative estimate of drug-likeness (QED) is 0.421. The molecule has 5 nitrogen and oxygen atoms in total. The molecule has 1 aliphatic heterocycles. The van der Waals surface area contributed by atoms with Crippen LogP contribution in [0.2, 0.25) is 0 Å². The summed E-state index contributed by atoms with van der Waals surface area (Å²) in [6, 6.07) is 15.3. The maximum atomic E-state index is 13.5. The summed E-state index contributed by atoms with van der Waals surface area (Å²) < 4.78 is 57.4. The first-order valence-electron chi connectivity index (χ1n) is 9.66. The van der Waals surface area contributed by atoms with Crippen LogP contribution in [0, 0.1) is 5.82 Å². The molecule has 1 N–H and O–H groups in total. The van der Waals surface area contributed by atoms with E-state index in [4.69, 9.17) is 4.74 Å². The molecule has 3 aromatic rings. The monoisotopic (exact) mass is 456 g/mol. The third kappa shape index (κ3) is 4.30. The maximum Gasteiger partial charge on any atom is 0.416 e. The van der Waals surface area contributed by atoms with Crippen LogP contribution in [0.4, 0.5) is 28.9 Å². The molecule has 0 bridgehead atoms. The summed E-state index contributed by atoms with van der Waals surface area (Å²) in [6.07, 6.45) is -4.56. The van der Waals surface area contributed by atoms with Gasteiger partial charge in [-0.15, -0.1) is 0 Å². The van der Waals surface area contributed by atoms with Gasteiger partial charge in [-0.2, -0.15) is 13.2 Å². The Morgan fingerprint density at radius 1 is 0.879 bits per heavy atom. The van der Waals surface area contributed by atoms with E-state index in [1.165, 1.54) is 19.2 Å². The Morgan fingerprint density at radius 3 is 2.15 bits per heavy atom. The zero-order valence-corrected chi connectivity index (χ0v) is 17.1. The topological polar surface area (TPSA) is 58.6 Å².